The molecule has 5 rings (SSSR count). The van der Waals surface area contributed by atoms with E-state index >= 15 is 0 Å². The van der Waals surface area contributed by atoms with Crippen molar-refractivity contribution in [2.24, 2.45) is 0 Å². The molecule has 2 fully saturated rings. The Labute approximate surface area is 189 Å². The third-order valence-electron chi connectivity index (χ3n) is 6.43. The van der Waals surface area contributed by atoms with Gasteiger partial charge in [0.1, 0.15) is 0 Å². The van der Waals surface area contributed by atoms with Gasteiger partial charge in [0.15, 0.2) is 5.11 Å². The van der Waals surface area contributed by atoms with Crippen LogP contribution in [0.15, 0.2) is 60.8 Å². The van der Waals surface area contributed by atoms with Crippen LogP contribution in [0.5, 0.6) is 0 Å². The minimum Gasteiger partial charge on any atom is -0.376 e. The Balaban J connectivity index is 1.59. The molecule has 3 aromatic rings. The Hall–Kier alpha value is -2.70. The molecule has 0 aliphatic carbocycles. The molecule has 2 aliphatic rings. The van der Waals surface area contributed by atoms with Gasteiger partial charge in [-0.25, -0.2) is 0 Å². The lowest BCUT2D eigenvalue weighted by Crippen LogP contribution is -2.36. The monoisotopic (exact) mass is 432 g/mol. The summed E-state index contributed by atoms with van der Waals surface area (Å²) in [7, 11) is 0. The van der Waals surface area contributed by atoms with Crippen molar-refractivity contribution >= 4 is 17.3 Å². The maximum absolute atomic E-state index is 5.97. The van der Waals surface area contributed by atoms with Crippen molar-refractivity contribution in [3.8, 4) is 5.69 Å². The third kappa shape index (κ3) is 3.75. The van der Waals surface area contributed by atoms with Gasteiger partial charge < -0.3 is 19.5 Å². The molecule has 1 aromatic carbocycles. The van der Waals surface area contributed by atoms with Crippen molar-refractivity contribution in [2.75, 3.05) is 13.2 Å². The van der Waals surface area contributed by atoms with E-state index in [1.807, 2.05) is 18.3 Å². The van der Waals surface area contributed by atoms with E-state index in [1.54, 1.807) is 0 Å². The Bertz CT molecular complexity index is 1060. The molecule has 160 valence electrons. The van der Waals surface area contributed by atoms with Gasteiger partial charge in [-0.1, -0.05) is 24.3 Å². The number of hydrogen-bond donors (Lipinski definition) is 1. The molecule has 6 heteroatoms. The number of para-hydroxylation sites is 1. The third-order valence-corrected chi connectivity index (χ3v) is 6.78. The van der Waals surface area contributed by atoms with Gasteiger partial charge >= 0.3 is 0 Å². The number of aromatic nitrogens is 2. The second-order valence-corrected chi connectivity index (χ2v) is 8.80. The highest BCUT2D eigenvalue weighted by molar-refractivity contribution is 7.80. The molecular weight excluding hydrogens is 404 g/mol. The summed E-state index contributed by atoms with van der Waals surface area (Å²) in [5.41, 5.74) is 5.92. The van der Waals surface area contributed by atoms with Crippen LogP contribution in [0.2, 0.25) is 0 Å². The van der Waals surface area contributed by atoms with Crippen molar-refractivity contribution in [1.29, 1.82) is 0 Å². The van der Waals surface area contributed by atoms with Crippen LogP contribution >= 0.6 is 12.2 Å². The number of hydrogen-bond acceptors (Lipinski definition) is 3. The van der Waals surface area contributed by atoms with Crippen LogP contribution in [0.25, 0.3) is 5.69 Å². The maximum Gasteiger partial charge on any atom is 0.170 e. The summed E-state index contributed by atoms with van der Waals surface area (Å²) in [6.45, 7) is 6.02. The van der Waals surface area contributed by atoms with Gasteiger partial charge in [0.2, 0.25) is 0 Å². The zero-order valence-corrected chi connectivity index (χ0v) is 18.8. The zero-order chi connectivity index (χ0) is 21.4. The average Bonchev–Trinajstić information content (AvgIpc) is 3.49. The Kier molecular flexibility index (Phi) is 5.50. The summed E-state index contributed by atoms with van der Waals surface area (Å²) in [6, 6.07) is 19.0. The van der Waals surface area contributed by atoms with E-state index in [-0.39, 0.29) is 18.2 Å². The lowest BCUT2D eigenvalue weighted by Gasteiger charge is -2.30. The molecule has 1 N–H and O–H groups in total. The van der Waals surface area contributed by atoms with Gasteiger partial charge in [0.25, 0.3) is 0 Å². The number of thiocarbonyl (C=S) groups is 1. The molecule has 0 spiro atoms. The topological polar surface area (TPSA) is 42.3 Å². The highest BCUT2D eigenvalue weighted by Crippen LogP contribution is 2.41. The summed E-state index contributed by atoms with van der Waals surface area (Å²) in [4.78, 5) is 6.99. The minimum absolute atomic E-state index is 0.000161. The fourth-order valence-corrected chi connectivity index (χ4v) is 5.32. The lowest BCUT2D eigenvalue weighted by molar-refractivity contribution is 0.0842. The van der Waals surface area contributed by atoms with Gasteiger partial charge in [-0.3, -0.25) is 4.98 Å². The molecule has 0 radical (unpaired) electrons. The van der Waals surface area contributed by atoms with E-state index in [9.17, 15) is 0 Å². The first-order chi connectivity index (χ1) is 15.1. The number of nitrogens with one attached hydrogen (secondary N) is 1. The van der Waals surface area contributed by atoms with Gasteiger partial charge in [-0.2, -0.15) is 0 Å². The largest absolute Gasteiger partial charge is 0.376 e. The fraction of sp³-hybridized carbons (Fsp3) is 0.360. The van der Waals surface area contributed by atoms with Gasteiger partial charge in [-0.05, 0) is 74.8 Å². The van der Waals surface area contributed by atoms with Crippen LogP contribution < -0.4 is 5.32 Å². The molecule has 2 saturated heterocycles. The molecule has 0 saturated carbocycles. The normalized spacial score (nSPS) is 23.4. The first-order valence-electron chi connectivity index (χ1n) is 11.0. The Morgan fingerprint density at radius 1 is 1.13 bits per heavy atom. The predicted octanol–water partition coefficient (Wildman–Crippen LogP) is 4.64. The average molecular weight is 433 g/mol. The standard InChI is InChI=1S/C25H28N4OS/c1-17-15-21(18(2)29(17)19-9-4-3-5-10-19)24-23(22-12-6-7-13-26-22)27-25(31)28(24)16-20-11-8-14-30-20/h3-7,9-10,12-13,15,20,23-24H,8,11,14,16H2,1-2H3,(H,27,31)/t20-,23+,24+/m0/s1. The highest BCUT2D eigenvalue weighted by atomic mass is 32.1. The smallest absolute Gasteiger partial charge is 0.170 e. The van der Waals surface area contributed by atoms with Crippen LogP contribution in [-0.2, 0) is 4.74 Å². The van der Waals surface area contributed by atoms with Gasteiger partial charge in [-0.15, -0.1) is 0 Å². The predicted molar refractivity (Wildman–Crippen MR) is 126 cm³/mol. The van der Waals surface area contributed by atoms with Crippen molar-refractivity contribution in [3.63, 3.8) is 0 Å². The van der Waals surface area contributed by atoms with Gasteiger partial charge in [0, 0.05) is 36.4 Å². The molecule has 0 unspecified atom stereocenters. The number of ether oxygens (including phenoxy) is 1. The number of rotatable bonds is 5. The summed E-state index contributed by atoms with van der Waals surface area (Å²) in [6.07, 6.45) is 4.29. The van der Waals surface area contributed by atoms with E-state index < -0.39 is 0 Å². The van der Waals surface area contributed by atoms with E-state index in [2.05, 4.69) is 76.1 Å². The van der Waals surface area contributed by atoms with Crippen LogP contribution in [-0.4, -0.2) is 38.8 Å². The van der Waals surface area contributed by atoms with E-state index in [0.717, 1.165) is 36.8 Å². The summed E-state index contributed by atoms with van der Waals surface area (Å²) in [5, 5.41) is 4.35. The number of benzene rings is 1. The van der Waals surface area contributed by atoms with Crippen molar-refractivity contribution in [1.82, 2.24) is 19.8 Å². The second-order valence-electron chi connectivity index (χ2n) is 8.41. The SMILES string of the molecule is Cc1cc([C@@H]2[C@@H](c3ccccn3)NC(=S)N2C[C@@H]2CCCO2)c(C)n1-c1ccccc1. The van der Waals surface area contributed by atoms with E-state index in [1.165, 1.54) is 22.6 Å². The summed E-state index contributed by atoms with van der Waals surface area (Å²) < 4.78 is 8.30. The van der Waals surface area contributed by atoms with Crippen LogP contribution in [0.3, 0.4) is 0 Å². The molecule has 4 heterocycles. The van der Waals surface area contributed by atoms with Crippen LogP contribution in [0, 0.1) is 13.8 Å². The van der Waals surface area contributed by atoms with Crippen molar-refractivity contribution < 1.29 is 4.74 Å². The van der Waals surface area contributed by atoms with Crippen LogP contribution in [0.4, 0.5) is 0 Å². The maximum atomic E-state index is 5.97. The van der Waals surface area contributed by atoms with Crippen molar-refractivity contribution in [2.45, 2.75) is 44.9 Å². The number of nitrogens with zero attached hydrogens (tertiary/aromatic N) is 3. The molecule has 2 aliphatic heterocycles. The van der Waals surface area contributed by atoms with Gasteiger partial charge in [0.05, 0.1) is 23.9 Å². The second kappa shape index (κ2) is 8.44. The van der Waals surface area contributed by atoms with E-state index in [4.69, 9.17) is 17.0 Å². The fourth-order valence-electron chi connectivity index (χ4n) is 5.01. The van der Waals surface area contributed by atoms with Crippen LogP contribution in [0.1, 0.15) is 47.6 Å². The highest BCUT2D eigenvalue weighted by Gasteiger charge is 2.42. The summed E-state index contributed by atoms with van der Waals surface area (Å²) >= 11 is 5.83. The van der Waals surface area contributed by atoms with E-state index in [0.29, 0.717) is 0 Å². The first kappa shape index (κ1) is 20.2. The number of pyridine rings is 1. The minimum atomic E-state index is -0.000161. The molecule has 0 amide bonds. The zero-order valence-electron chi connectivity index (χ0n) is 18.0. The lowest BCUT2D eigenvalue weighted by atomic mass is 9.96. The molecule has 3 atom stereocenters. The summed E-state index contributed by atoms with van der Waals surface area (Å²) in [5.74, 6) is 0. The molecule has 5 nitrogen and oxygen atoms in total. The number of aryl methyl sites for hydroxylation is 1. The van der Waals surface area contributed by atoms with Crippen molar-refractivity contribution in [3.05, 3.63) is 83.4 Å². The first-order valence-corrected chi connectivity index (χ1v) is 11.4. The Morgan fingerprint density at radius 3 is 2.65 bits per heavy atom. The molecule has 2 aromatic heterocycles. The molecular formula is C25H28N4OS. The Morgan fingerprint density at radius 2 is 1.94 bits per heavy atom. The molecule has 0 bridgehead atoms. The quantitative estimate of drug-likeness (QED) is 0.595. The molecule has 31 heavy (non-hydrogen) atoms.